The lowest BCUT2D eigenvalue weighted by Crippen LogP contribution is -2.43. The van der Waals surface area contributed by atoms with Gasteiger partial charge in [-0.15, -0.1) is 0 Å². The van der Waals surface area contributed by atoms with Crippen molar-refractivity contribution in [1.82, 2.24) is 5.32 Å². The molecule has 3 heteroatoms. The van der Waals surface area contributed by atoms with Crippen molar-refractivity contribution >= 4 is 17.3 Å². The van der Waals surface area contributed by atoms with E-state index in [0.717, 1.165) is 30.6 Å². The molecular weight excluding hydrogens is 280 g/mol. The second-order valence-corrected chi connectivity index (χ2v) is 7.23. The number of anilines is 1. The quantitative estimate of drug-likeness (QED) is 0.847. The molecule has 2 unspecified atom stereocenters. The Balaban J connectivity index is 2.20. The summed E-state index contributed by atoms with van der Waals surface area (Å²) >= 11 is 6.55. The summed E-state index contributed by atoms with van der Waals surface area (Å²) < 4.78 is 0. The van der Waals surface area contributed by atoms with Gasteiger partial charge in [0.1, 0.15) is 0 Å². The standard InChI is InChI=1S/C18H29ClN2/c1-13(2)11-20-12-16-8-5-9-17(19)18(16)21-10-6-7-14(3)15(21)4/h5,8-9,13-15,20H,6-7,10-12H2,1-4H3. The maximum absolute atomic E-state index is 6.55. The van der Waals surface area contributed by atoms with E-state index >= 15 is 0 Å². The lowest BCUT2D eigenvalue weighted by atomic mass is 9.91. The molecule has 21 heavy (non-hydrogen) atoms. The molecule has 1 N–H and O–H groups in total. The third-order valence-corrected chi connectivity index (χ3v) is 4.90. The molecule has 0 spiro atoms. The minimum absolute atomic E-state index is 0.558. The summed E-state index contributed by atoms with van der Waals surface area (Å²) in [5, 5.41) is 4.44. The van der Waals surface area contributed by atoms with Gasteiger partial charge in [0.15, 0.2) is 0 Å². The Morgan fingerprint density at radius 3 is 2.81 bits per heavy atom. The third kappa shape index (κ3) is 4.14. The van der Waals surface area contributed by atoms with Gasteiger partial charge < -0.3 is 10.2 Å². The van der Waals surface area contributed by atoms with Crippen molar-refractivity contribution < 1.29 is 0 Å². The number of benzene rings is 1. The van der Waals surface area contributed by atoms with Gasteiger partial charge in [0.25, 0.3) is 0 Å². The maximum Gasteiger partial charge on any atom is 0.0643 e. The Labute approximate surface area is 134 Å². The fourth-order valence-electron chi connectivity index (χ4n) is 3.17. The molecule has 1 aromatic carbocycles. The van der Waals surface area contributed by atoms with Gasteiger partial charge in [0.2, 0.25) is 0 Å². The topological polar surface area (TPSA) is 15.3 Å². The molecule has 0 radical (unpaired) electrons. The summed E-state index contributed by atoms with van der Waals surface area (Å²) in [6.45, 7) is 12.2. The molecule has 2 nitrogen and oxygen atoms in total. The number of halogens is 1. The summed E-state index contributed by atoms with van der Waals surface area (Å²) in [6.07, 6.45) is 2.58. The zero-order valence-corrected chi connectivity index (χ0v) is 14.6. The average Bonchev–Trinajstić information content (AvgIpc) is 2.42. The Morgan fingerprint density at radius 1 is 1.33 bits per heavy atom. The molecule has 0 saturated carbocycles. The Bertz CT molecular complexity index is 459. The number of piperidine rings is 1. The fraction of sp³-hybridized carbons (Fsp3) is 0.667. The van der Waals surface area contributed by atoms with Gasteiger partial charge in [-0.1, -0.05) is 44.5 Å². The summed E-state index contributed by atoms with van der Waals surface area (Å²) in [7, 11) is 0. The van der Waals surface area contributed by atoms with Crippen LogP contribution in [-0.2, 0) is 6.54 Å². The van der Waals surface area contributed by atoms with E-state index in [1.54, 1.807) is 0 Å². The van der Waals surface area contributed by atoms with Gasteiger partial charge in [-0.05, 0) is 49.8 Å². The highest BCUT2D eigenvalue weighted by molar-refractivity contribution is 6.33. The second kappa shape index (κ2) is 7.51. The number of nitrogens with one attached hydrogen (secondary N) is 1. The highest BCUT2D eigenvalue weighted by atomic mass is 35.5. The number of para-hydroxylation sites is 1. The molecule has 2 rings (SSSR count). The Morgan fingerprint density at radius 2 is 2.10 bits per heavy atom. The molecule has 0 amide bonds. The van der Waals surface area contributed by atoms with Crippen LogP contribution in [0.15, 0.2) is 18.2 Å². The normalized spacial score (nSPS) is 22.9. The summed E-state index contributed by atoms with van der Waals surface area (Å²) in [5.74, 6) is 1.40. The Hall–Kier alpha value is -0.730. The van der Waals surface area contributed by atoms with Gasteiger partial charge >= 0.3 is 0 Å². The van der Waals surface area contributed by atoms with E-state index in [1.807, 2.05) is 6.07 Å². The van der Waals surface area contributed by atoms with Crippen molar-refractivity contribution in [3.63, 3.8) is 0 Å². The van der Waals surface area contributed by atoms with E-state index < -0.39 is 0 Å². The first-order chi connectivity index (χ1) is 10.0. The summed E-state index contributed by atoms with van der Waals surface area (Å²) in [4.78, 5) is 2.52. The molecule has 1 aliphatic heterocycles. The zero-order chi connectivity index (χ0) is 15.4. The number of hydrogen-bond acceptors (Lipinski definition) is 2. The Kier molecular flexibility index (Phi) is 5.95. The van der Waals surface area contributed by atoms with Crippen molar-refractivity contribution in [2.75, 3.05) is 18.0 Å². The summed E-state index contributed by atoms with van der Waals surface area (Å²) in [6, 6.07) is 6.86. The molecular formula is C18H29ClN2. The number of nitrogens with zero attached hydrogens (tertiary/aromatic N) is 1. The van der Waals surface area contributed by atoms with Crippen LogP contribution >= 0.6 is 11.6 Å². The van der Waals surface area contributed by atoms with E-state index in [4.69, 9.17) is 11.6 Å². The van der Waals surface area contributed by atoms with Crippen LogP contribution in [0.25, 0.3) is 0 Å². The highest BCUT2D eigenvalue weighted by Gasteiger charge is 2.27. The van der Waals surface area contributed by atoms with Gasteiger partial charge in [-0.2, -0.15) is 0 Å². The molecule has 0 bridgehead atoms. The van der Waals surface area contributed by atoms with Crippen molar-refractivity contribution in [2.45, 2.75) is 53.1 Å². The zero-order valence-electron chi connectivity index (χ0n) is 13.8. The van der Waals surface area contributed by atoms with Gasteiger partial charge in [0, 0.05) is 19.1 Å². The second-order valence-electron chi connectivity index (χ2n) is 6.83. The molecule has 1 aliphatic rings. The number of hydrogen-bond donors (Lipinski definition) is 1. The van der Waals surface area contributed by atoms with Crippen molar-refractivity contribution in [1.29, 1.82) is 0 Å². The molecule has 0 aliphatic carbocycles. The average molecular weight is 309 g/mol. The fourth-order valence-corrected chi connectivity index (χ4v) is 3.47. The van der Waals surface area contributed by atoms with Crippen molar-refractivity contribution in [3.05, 3.63) is 28.8 Å². The monoisotopic (exact) mass is 308 g/mol. The van der Waals surface area contributed by atoms with Crippen LogP contribution in [0.5, 0.6) is 0 Å². The van der Waals surface area contributed by atoms with E-state index in [2.05, 4.69) is 50.0 Å². The van der Waals surface area contributed by atoms with Crippen LogP contribution in [0.4, 0.5) is 5.69 Å². The van der Waals surface area contributed by atoms with Crippen LogP contribution in [-0.4, -0.2) is 19.1 Å². The smallest absolute Gasteiger partial charge is 0.0643 e. The van der Waals surface area contributed by atoms with E-state index in [1.165, 1.54) is 24.1 Å². The first-order valence-corrected chi connectivity index (χ1v) is 8.63. The molecule has 0 aromatic heterocycles. The van der Waals surface area contributed by atoms with Crippen LogP contribution in [0.2, 0.25) is 5.02 Å². The summed E-state index contributed by atoms with van der Waals surface area (Å²) in [5.41, 5.74) is 2.57. The van der Waals surface area contributed by atoms with Crippen molar-refractivity contribution in [3.8, 4) is 0 Å². The third-order valence-electron chi connectivity index (χ3n) is 4.60. The van der Waals surface area contributed by atoms with Crippen LogP contribution in [0.3, 0.4) is 0 Å². The molecule has 1 fully saturated rings. The minimum Gasteiger partial charge on any atom is -0.367 e. The SMILES string of the molecule is CC(C)CNCc1cccc(Cl)c1N1CCCC(C)C1C. The maximum atomic E-state index is 6.55. The van der Waals surface area contributed by atoms with Gasteiger partial charge in [-0.25, -0.2) is 0 Å². The number of rotatable bonds is 5. The van der Waals surface area contributed by atoms with Crippen LogP contribution in [0, 0.1) is 11.8 Å². The van der Waals surface area contributed by atoms with Gasteiger partial charge in [0.05, 0.1) is 10.7 Å². The molecule has 1 aromatic rings. The predicted octanol–water partition coefficient (Wildman–Crippen LogP) is 4.71. The molecule has 1 heterocycles. The van der Waals surface area contributed by atoms with E-state index in [-0.39, 0.29) is 0 Å². The first kappa shape index (κ1) is 16.6. The van der Waals surface area contributed by atoms with E-state index in [9.17, 15) is 0 Å². The molecule has 118 valence electrons. The molecule has 1 saturated heterocycles. The lowest BCUT2D eigenvalue weighted by molar-refractivity contribution is 0.363. The van der Waals surface area contributed by atoms with Gasteiger partial charge in [-0.3, -0.25) is 0 Å². The highest BCUT2D eigenvalue weighted by Crippen LogP contribution is 2.36. The lowest BCUT2D eigenvalue weighted by Gasteiger charge is -2.41. The predicted molar refractivity (Wildman–Crippen MR) is 93.2 cm³/mol. The van der Waals surface area contributed by atoms with E-state index in [0.29, 0.717) is 12.0 Å². The minimum atomic E-state index is 0.558. The van der Waals surface area contributed by atoms with Crippen LogP contribution in [0.1, 0.15) is 46.1 Å². The van der Waals surface area contributed by atoms with Crippen LogP contribution < -0.4 is 10.2 Å². The largest absolute Gasteiger partial charge is 0.367 e. The van der Waals surface area contributed by atoms with Crippen molar-refractivity contribution in [2.24, 2.45) is 11.8 Å². The first-order valence-electron chi connectivity index (χ1n) is 8.25. The molecule has 2 atom stereocenters.